The average Bonchev–Trinajstić information content (AvgIpc) is 3.16. The van der Waals surface area contributed by atoms with Gasteiger partial charge in [-0.1, -0.05) is 18.2 Å². The molecule has 0 aromatic carbocycles. The highest BCUT2D eigenvalue weighted by molar-refractivity contribution is 8.16. The third-order valence-corrected chi connectivity index (χ3v) is 7.03. The molecule has 2 unspecified atom stereocenters. The van der Waals surface area contributed by atoms with Gasteiger partial charge in [0.2, 0.25) is 0 Å². The van der Waals surface area contributed by atoms with Crippen LogP contribution in [0.2, 0.25) is 0 Å². The second-order valence-electron chi connectivity index (χ2n) is 6.92. The summed E-state index contributed by atoms with van der Waals surface area (Å²) in [7, 11) is 0. The number of hydrogen-bond donors (Lipinski definition) is 1. The summed E-state index contributed by atoms with van der Waals surface area (Å²) in [5.74, 6) is 2.06. The minimum atomic E-state index is -0.406. The molecule has 2 bridgehead atoms. The standard InChI is InChI=1S/C15H22N2O2S/c1-15(11-4-5-19-8-11)13(18)17-14(20-15)16-12-7-9-2-3-10(12)6-9/h9-12H,2-8H2,1H3,(H,16,17,18)/t9-,10?,11+,12+,15?/m1/s1. The van der Waals surface area contributed by atoms with E-state index in [2.05, 4.69) is 10.3 Å². The summed E-state index contributed by atoms with van der Waals surface area (Å²) in [6.07, 6.45) is 6.37. The molecular weight excluding hydrogens is 272 g/mol. The van der Waals surface area contributed by atoms with Crippen LogP contribution in [-0.4, -0.2) is 35.1 Å². The summed E-state index contributed by atoms with van der Waals surface area (Å²) in [5.41, 5.74) is 0. The van der Waals surface area contributed by atoms with Crippen LogP contribution in [-0.2, 0) is 9.53 Å². The van der Waals surface area contributed by atoms with Crippen molar-refractivity contribution in [2.75, 3.05) is 13.2 Å². The number of nitrogens with zero attached hydrogens (tertiary/aromatic N) is 1. The van der Waals surface area contributed by atoms with Gasteiger partial charge in [0.15, 0.2) is 5.17 Å². The molecule has 5 heteroatoms. The number of fused-ring (bicyclic) bond motifs is 2. The van der Waals surface area contributed by atoms with Crippen molar-refractivity contribution in [2.45, 2.75) is 49.8 Å². The monoisotopic (exact) mass is 294 g/mol. The first-order valence-corrected chi connectivity index (χ1v) is 8.63. The molecule has 1 N–H and O–H groups in total. The molecule has 2 saturated carbocycles. The van der Waals surface area contributed by atoms with Gasteiger partial charge >= 0.3 is 0 Å². The van der Waals surface area contributed by atoms with E-state index in [0.717, 1.165) is 30.0 Å². The van der Waals surface area contributed by atoms with Gasteiger partial charge in [0, 0.05) is 18.6 Å². The number of hydrogen-bond acceptors (Lipinski definition) is 4. The van der Waals surface area contributed by atoms with Crippen LogP contribution in [0.3, 0.4) is 0 Å². The van der Waals surface area contributed by atoms with Gasteiger partial charge in [-0.2, -0.15) is 4.99 Å². The molecule has 5 atom stereocenters. The molecule has 1 saturated heterocycles. The van der Waals surface area contributed by atoms with E-state index in [9.17, 15) is 4.79 Å². The fourth-order valence-electron chi connectivity index (χ4n) is 4.34. The highest BCUT2D eigenvalue weighted by Gasteiger charge is 2.49. The lowest BCUT2D eigenvalue weighted by Gasteiger charge is -2.27. The maximum absolute atomic E-state index is 12.3. The van der Waals surface area contributed by atoms with Crippen molar-refractivity contribution in [1.82, 2.24) is 5.32 Å². The molecule has 3 fully saturated rings. The molecule has 4 rings (SSSR count). The predicted molar refractivity (Wildman–Crippen MR) is 79.7 cm³/mol. The van der Waals surface area contributed by atoms with Gasteiger partial charge < -0.3 is 10.1 Å². The Balaban J connectivity index is 1.43. The van der Waals surface area contributed by atoms with E-state index in [1.54, 1.807) is 11.8 Å². The van der Waals surface area contributed by atoms with Gasteiger partial charge in [0.25, 0.3) is 5.91 Å². The lowest BCUT2D eigenvalue weighted by molar-refractivity contribution is -0.120. The molecule has 2 aliphatic carbocycles. The summed E-state index contributed by atoms with van der Waals surface area (Å²) in [5, 5.41) is 4.43. The molecule has 20 heavy (non-hydrogen) atoms. The van der Waals surface area contributed by atoms with Gasteiger partial charge in [0.05, 0.1) is 6.61 Å². The Labute approximate surface area is 124 Å². The van der Waals surface area contributed by atoms with Crippen LogP contribution in [0.15, 0.2) is 4.99 Å². The average molecular weight is 294 g/mol. The summed E-state index contributed by atoms with van der Waals surface area (Å²) >= 11 is 1.64. The van der Waals surface area contributed by atoms with Crippen LogP contribution in [0.5, 0.6) is 0 Å². The number of carbonyl (C=O) groups is 1. The lowest BCUT2D eigenvalue weighted by atomic mass is 9.92. The van der Waals surface area contributed by atoms with E-state index in [0.29, 0.717) is 18.6 Å². The zero-order valence-corrected chi connectivity index (χ0v) is 12.7. The minimum absolute atomic E-state index is 0.0312. The quantitative estimate of drug-likeness (QED) is 0.848. The maximum Gasteiger partial charge on any atom is 0.264 e. The maximum atomic E-state index is 12.3. The van der Waals surface area contributed by atoms with E-state index in [-0.39, 0.29) is 5.91 Å². The summed E-state index contributed by atoms with van der Waals surface area (Å²) in [6, 6.07) is 0.551. The van der Waals surface area contributed by atoms with E-state index < -0.39 is 4.75 Å². The molecule has 110 valence electrons. The molecule has 2 aliphatic heterocycles. The Morgan fingerprint density at radius 2 is 2.25 bits per heavy atom. The van der Waals surface area contributed by atoms with E-state index in [1.165, 1.54) is 25.7 Å². The molecule has 4 aliphatic rings. The van der Waals surface area contributed by atoms with E-state index in [1.807, 2.05) is 6.92 Å². The Morgan fingerprint density at radius 1 is 1.35 bits per heavy atom. The normalized spacial score (nSPS) is 47.0. The molecule has 2 heterocycles. The number of thioether (sulfide) groups is 1. The van der Waals surface area contributed by atoms with Crippen molar-refractivity contribution in [2.24, 2.45) is 22.7 Å². The van der Waals surface area contributed by atoms with Crippen LogP contribution in [0, 0.1) is 17.8 Å². The van der Waals surface area contributed by atoms with Crippen molar-refractivity contribution < 1.29 is 9.53 Å². The van der Waals surface area contributed by atoms with Gasteiger partial charge in [-0.05, 0) is 44.4 Å². The Kier molecular flexibility index (Phi) is 3.11. The van der Waals surface area contributed by atoms with Crippen LogP contribution in [0.25, 0.3) is 0 Å². The van der Waals surface area contributed by atoms with Crippen molar-refractivity contribution in [1.29, 1.82) is 0 Å². The Hall–Kier alpha value is -0.550. The van der Waals surface area contributed by atoms with Gasteiger partial charge in [-0.25, -0.2) is 0 Å². The smallest absolute Gasteiger partial charge is 0.264 e. The van der Waals surface area contributed by atoms with E-state index in [4.69, 9.17) is 4.74 Å². The number of rotatable bonds is 2. The summed E-state index contributed by atoms with van der Waals surface area (Å²) < 4.78 is 5.05. The van der Waals surface area contributed by atoms with Crippen LogP contribution < -0.4 is 5.32 Å². The first-order chi connectivity index (χ1) is 9.65. The number of amidine groups is 1. The fraction of sp³-hybridized carbons (Fsp3) is 0.867. The summed E-state index contributed by atoms with van der Waals surface area (Å²) in [6.45, 7) is 3.52. The number of aliphatic imine (C=N–C) groups is 1. The molecule has 4 nitrogen and oxygen atoms in total. The molecule has 0 aromatic rings. The Bertz CT molecular complexity index is 461. The fourth-order valence-corrected chi connectivity index (χ4v) is 5.57. The predicted octanol–water partition coefficient (Wildman–Crippen LogP) is 2.19. The largest absolute Gasteiger partial charge is 0.381 e. The first kappa shape index (κ1) is 13.1. The van der Waals surface area contributed by atoms with E-state index >= 15 is 0 Å². The van der Waals surface area contributed by atoms with Crippen LogP contribution in [0.4, 0.5) is 0 Å². The summed E-state index contributed by atoms with van der Waals surface area (Å²) in [4.78, 5) is 16.6. The molecule has 0 spiro atoms. The van der Waals surface area contributed by atoms with Crippen LogP contribution >= 0.6 is 11.8 Å². The molecule has 0 aromatic heterocycles. The first-order valence-electron chi connectivity index (χ1n) is 7.81. The number of carbonyl (C=O) groups excluding carboxylic acids is 1. The van der Waals surface area contributed by atoms with Crippen molar-refractivity contribution in [3.63, 3.8) is 0 Å². The second-order valence-corrected chi connectivity index (χ2v) is 8.36. The van der Waals surface area contributed by atoms with Crippen molar-refractivity contribution in [3.05, 3.63) is 0 Å². The van der Waals surface area contributed by atoms with Crippen LogP contribution in [0.1, 0.15) is 39.0 Å². The van der Waals surface area contributed by atoms with Crippen molar-refractivity contribution >= 4 is 22.8 Å². The van der Waals surface area contributed by atoms with Gasteiger partial charge in [-0.15, -0.1) is 0 Å². The van der Waals surface area contributed by atoms with Gasteiger partial charge in [0.1, 0.15) is 4.75 Å². The third-order valence-electron chi connectivity index (χ3n) is 5.69. The highest BCUT2D eigenvalue weighted by Crippen LogP contribution is 2.46. The zero-order valence-electron chi connectivity index (χ0n) is 11.9. The van der Waals surface area contributed by atoms with Crippen molar-refractivity contribution in [3.8, 4) is 0 Å². The Morgan fingerprint density at radius 3 is 2.90 bits per heavy atom. The second kappa shape index (κ2) is 4.73. The molecular formula is C15H22N2O2S. The number of amides is 1. The molecule has 0 radical (unpaired) electrons. The lowest BCUT2D eigenvalue weighted by Crippen LogP contribution is -2.39. The number of nitrogens with one attached hydrogen (secondary N) is 1. The number of ether oxygens (including phenoxy) is 1. The third kappa shape index (κ3) is 2.01. The zero-order chi connectivity index (χ0) is 13.7. The minimum Gasteiger partial charge on any atom is -0.381 e. The highest BCUT2D eigenvalue weighted by atomic mass is 32.2. The van der Waals surface area contributed by atoms with Gasteiger partial charge in [-0.3, -0.25) is 4.79 Å². The topological polar surface area (TPSA) is 50.7 Å². The SMILES string of the molecule is CC1([C@H]2CCOC2)SC(N[C@H]2C[C@@H]3CCC2C3)=NC1=O. The molecule has 1 amide bonds.